The summed E-state index contributed by atoms with van der Waals surface area (Å²) >= 11 is 4.13. The quantitative estimate of drug-likeness (QED) is 0.476. The van der Waals surface area contributed by atoms with Gasteiger partial charge in [-0.3, -0.25) is 0 Å². The molecule has 2 atom stereocenters. The van der Waals surface area contributed by atoms with Gasteiger partial charge in [0.05, 0.1) is 0 Å². The summed E-state index contributed by atoms with van der Waals surface area (Å²) in [6.45, 7) is 6.69. The molecule has 0 N–H and O–H groups in total. The maximum atomic E-state index is 4.13. The highest BCUT2D eigenvalue weighted by molar-refractivity contribution is 8.68. The molecular weight excluding hydrogens is 136 g/mol. The average Bonchev–Trinajstić information content (AvgIpc) is 1.84. The van der Waals surface area contributed by atoms with Gasteiger partial charge in [0.1, 0.15) is 0 Å². The molecule has 0 rings (SSSR count). The number of hydrogen-bond acceptors (Lipinski definition) is 2. The Kier molecular flexibility index (Phi) is 4.97. The maximum absolute atomic E-state index is 4.13. The average molecular weight is 150 g/mol. The minimum atomic E-state index is 0.698. The monoisotopic (exact) mass is 150 g/mol. The summed E-state index contributed by atoms with van der Waals surface area (Å²) < 4.78 is 0. The van der Waals surface area contributed by atoms with Crippen LogP contribution in [0.15, 0.2) is 0 Å². The molecule has 2 heteroatoms. The van der Waals surface area contributed by atoms with Crippen molar-refractivity contribution in [2.75, 3.05) is 0 Å². The molecule has 50 valence electrons. The Labute approximate surface area is 61.2 Å². The van der Waals surface area contributed by atoms with Gasteiger partial charge in [0.25, 0.3) is 0 Å². The maximum Gasteiger partial charge on any atom is 0.0146 e. The summed E-state index contributed by atoms with van der Waals surface area (Å²) in [7, 11) is 1.65. The van der Waals surface area contributed by atoms with Gasteiger partial charge in [0.2, 0.25) is 0 Å². The van der Waals surface area contributed by atoms with Gasteiger partial charge in [-0.05, 0) is 5.92 Å². The van der Waals surface area contributed by atoms with E-state index in [9.17, 15) is 0 Å². The van der Waals surface area contributed by atoms with E-state index in [0.29, 0.717) is 5.25 Å². The van der Waals surface area contributed by atoms with Crippen LogP contribution >= 0.6 is 22.5 Å². The molecule has 0 aromatic rings. The molecule has 0 fully saturated rings. The largest absolute Gasteiger partial charge is 0.111 e. The van der Waals surface area contributed by atoms with Crippen molar-refractivity contribution in [3.05, 3.63) is 0 Å². The lowest BCUT2D eigenvalue weighted by molar-refractivity contribution is 0.560. The Hall–Kier alpha value is 0.700. The first kappa shape index (κ1) is 8.70. The third-order valence-electron chi connectivity index (χ3n) is 1.61. The fourth-order valence-electron chi connectivity index (χ4n) is 0.436. The molecular formula is C6H14S2. The van der Waals surface area contributed by atoms with Crippen LogP contribution in [-0.4, -0.2) is 5.25 Å². The van der Waals surface area contributed by atoms with E-state index in [1.165, 1.54) is 6.42 Å². The molecule has 0 aliphatic rings. The number of rotatable bonds is 3. The molecule has 0 amide bonds. The van der Waals surface area contributed by atoms with Gasteiger partial charge >= 0.3 is 0 Å². The van der Waals surface area contributed by atoms with Crippen molar-refractivity contribution in [2.24, 2.45) is 5.92 Å². The van der Waals surface area contributed by atoms with Crippen LogP contribution in [-0.2, 0) is 0 Å². The van der Waals surface area contributed by atoms with E-state index in [2.05, 4.69) is 32.4 Å². The van der Waals surface area contributed by atoms with Crippen molar-refractivity contribution in [1.29, 1.82) is 0 Å². The van der Waals surface area contributed by atoms with Crippen LogP contribution < -0.4 is 0 Å². The second-order valence-electron chi connectivity index (χ2n) is 2.20. The lowest BCUT2D eigenvalue weighted by Gasteiger charge is -2.13. The predicted molar refractivity (Wildman–Crippen MR) is 45.5 cm³/mol. The fraction of sp³-hybridized carbons (Fsp3) is 1.00. The summed E-state index contributed by atoms with van der Waals surface area (Å²) in [5.74, 6) is 0.803. The van der Waals surface area contributed by atoms with E-state index in [4.69, 9.17) is 0 Å². The first-order valence-electron chi connectivity index (χ1n) is 3.02. The number of thiol groups is 1. The van der Waals surface area contributed by atoms with E-state index in [1.54, 1.807) is 10.8 Å². The topological polar surface area (TPSA) is 0 Å². The third-order valence-corrected chi connectivity index (χ3v) is 3.41. The van der Waals surface area contributed by atoms with Gasteiger partial charge in [-0.15, -0.1) is 11.7 Å². The Morgan fingerprint density at radius 1 is 1.50 bits per heavy atom. The molecule has 0 saturated carbocycles. The SMILES string of the molecule is CCC(C)C(C)SS. The Morgan fingerprint density at radius 2 is 2.00 bits per heavy atom. The van der Waals surface area contributed by atoms with Crippen LogP contribution in [0.1, 0.15) is 27.2 Å². The standard InChI is InChI=1S/C6H14S2/c1-4-5(2)6(3)8-7/h5-7H,4H2,1-3H3. The minimum absolute atomic E-state index is 0.698. The molecule has 0 heterocycles. The van der Waals surface area contributed by atoms with Gasteiger partial charge < -0.3 is 0 Å². The van der Waals surface area contributed by atoms with Gasteiger partial charge in [-0.2, -0.15) is 0 Å². The zero-order chi connectivity index (χ0) is 6.57. The minimum Gasteiger partial charge on any atom is -0.111 e. The van der Waals surface area contributed by atoms with E-state index < -0.39 is 0 Å². The molecule has 0 aliphatic heterocycles. The first-order valence-corrected chi connectivity index (χ1v) is 4.95. The molecule has 0 nitrogen and oxygen atoms in total. The van der Waals surface area contributed by atoms with E-state index in [1.807, 2.05) is 0 Å². The van der Waals surface area contributed by atoms with E-state index >= 15 is 0 Å². The molecule has 2 unspecified atom stereocenters. The summed E-state index contributed by atoms with van der Waals surface area (Å²) in [6.07, 6.45) is 1.26. The molecule has 0 saturated heterocycles. The van der Waals surface area contributed by atoms with Crippen molar-refractivity contribution < 1.29 is 0 Å². The fourth-order valence-corrected chi connectivity index (χ4v) is 1.46. The van der Waals surface area contributed by atoms with Crippen molar-refractivity contribution in [3.63, 3.8) is 0 Å². The second kappa shape index (κ2) is 4.57. The van der Waals surface area contributed by atoms with Gasteiger partial charge in [0.15, 0.2) is 0 Å². The van der Waals surface area contributed by atoms with E-state index in [-0.39, 0.29) is 0 Å². The van der Waals surface area contributed by atoms with Crippen molar-refractivity contribution >= 4 is 22.5 Å². The van der Waals surface area contributed by atoms with Crippen molar-refractivity contribution in [3.8, 4) is 0 Å². The van der Waals surface area contributed by atoms with Crippen LogP contribution in [0, 0.1) is 5.92 Å². The van der Waals surface area contributed by atoms with Crippen LogP contribution in [0.2, 0.25) is 0 Å². The zero-order valence-corrected chi connectivity index (χ0v) is 7.43. The predicted octanol–water partition coefficient (Wildman–Crippen LogP) is 3.00. The lowest BCUT2D eigenvalue weighted by atomic mass is 10.1. The molecule has 0 aromatic heterocycles. The van der Waals surface area contributed by atoms with Crippen molar-refractivity contribution in [2.45, 2.75) is 32.4 Å². The Balaban J connectivity index is 3.29. The number of hydrogen-bond donors (Lipinski definition) is 1. The van der Waals surface area contributed by atoms with Crippen molar-refractivity contribution in [1.82, 2.24) is 0 Å². The summed E-state index contributed by atoms with van der Waals surface area (Å²) in [5.41, 5.74) is 0. The van der Waals surface area contributed by atoms with Gasteiger partial charge in [0, 0.05) is 5.25 Å². The van der Waals surface area contributed by atoms with Crippen LogP contribution in [0.5, 0.6) is 0 Å². The molecule has 0 spiro atoms. The third kappa shape index (κ3) is 2.88. The highest BCUT2D eigenvalue weighted by atomic mass is 33.1. The molecule has 0 bridgehead atoms. The molecule has 0 aliphatic carbocycles. The van der Waals surface area contributed by atoms with Gasteiger partial charge in [-0.1, -0.05) is 38.0 Å². The van der Waals surface area contributed by atoms with Crippen LogP contribution in [0.25, 0.3) is 0 Å². The van der Waals surface area contributed by atoms with Crippen LogP contribution in [0.3, 0.4) is 0 Å². The summed E-state index contributed by atoms with van der Waals surface area (Å²) in [4.78, 5) is 0. The van der Waals surface area contributed by atoms with E-state index in [0.717, 1.165) is 5.92 Å². The Morgan fingerprint density at radius 3 is 2.12 bits per heavy atom. The van der Waals surface area contributed by atoms with Gasteiger partial charge in [-0.25, -0.2) is 0 Å². The first-order chi connectivity index (χ1) is 3.72. The second-order valence-corrected chi connectivity index (χ2v) is 3.78. The zero-order valence-electron chi connectivity index (χ0n) is 5.72. The summed E-state index contributed by atoms with van der Waals surface area (Å²) in [5, 5.41) is 0.698. The summed E-state index contributed by atoms with van der Waals surface area (Å²) in [6, 6.07) is 0. The highest BCUT2D eigenvalue weighted by Crippen LogP contribution is 2.23. The van der Waals surface area contributed by atoms with Crippen LogP contribution in [0.4, 0.5) is 0 Å². The smallest absolute Gasteiger partial charge is 0.0146 e. The normalized spacial score (nSPS) is 18.0. The Bertz CT molecular complexity index is 46.5. The molecule has 8 heavy (non-hydrogen) atoms. The lowest BCUT2D eigenvalue weighted by Crippen LogP contribution is -2.06. The molecule has 0 aromatic carbocycles. The molecule has 0 radical (unpaired) electrons. The highest BCUT2D eigenvalue weighted by Gasteiger charge is 2.07.